The monoisotopic (exact) mass is 237 g/mol. The zero-order valence-corrected chi connectivity index (χ0v) is 9.77. The number of benzene rings is 1. The molecule has 0 aliphatic rings. The van der Waals surface area contributed by atoms with E-state index in [4.69, 9.17) is 9.84 Å². The Kier molecular flexibility index (Phi) is 4.51. The van der Waals surface area contributed by atoms with Crippen LogP contribution in [0, 0.1) is 0 Å². The Labute approximate surface area is 99.4 Å². The SMILES string of the molecule is CC(C)OC(=O)CNC(=O)c1ccc(O)cc1. The number of amides is 1. The van der Waals surface area contributed by atoms with Gasteiger partial charge in [-0.1, -0.05) is 0 Å². The van der Waals surface area contributed by atoms with E-state index in [1.807, 2.05) is 0 Å². The molecule has 1 rings (SSSR count). The number of esters is 1. The minimum Gasteiger partial charge on any atom is -0.508 e. The molecule has 5 heteroatoms. The highest BCUT2D eigenvalue weighted by Crippen LogP contribution is 2.09. The van der Waals surface area contributed by atoms with Crippen molar-refractivity contribution in [2.24, 2.45) is 0 Å². The van der Waals surface area contributed by atoms with Crippen molar-refractivity contribution in [3.8, 4) is 5.75 Å². The molecule has 0 heterocycles. The fourth-order valence-electron chi connectivity index (χ4n) is 1.17. The lowest BCUT2D eigenvalue weighted by molar-refractivity contribution is -0.146. The fraction of sp³-hybridized carbons (Fsp3) is 0.333. The Morgan fingerprint density at radius 1 is 1.29 bits per heavy atom. The summed E-state index contributed by atoms with van der Waals surface area (Å²) in [6.45, 7) is 3.30. The molecule has 0 fully saturated rings. The van der Waals surface area contributed by atoms with Gasteiger partial charge in [-0.2, -0.15) is 0 Å². The third-order valence-corrected chi connectivity index (χ3v) is 1.89. The van der Waals surface area contributed by atoms with Crippen LogP contribution in [0.2, 0.25) is 0 Å². The van der Waals surface area contributed by atoms with E-state index in [9.17, 15) is 9.59 Å². The third-order valence-electron chi connectivity index (χ3n) is 1.89. The summed E-state index contributed by atoms with van der Waals surface area (Å²) < 4.78 is 4.86. The first-order chi connectivity index (χ1) is 7.99. The maximum Gasteiger partial charge on any atom is 0.325 e. The molecule has 0 unspecified atom stereocenters. The topological polar surface area (TPSA) is 75.6 Å². The molecule has 0 atom stereocenters. The quantitative estimate of drug-likeness (QED) is 0.768. The maximum atomic E-state index is 11.5. The van der Waals surface area contributed by atoms with Crippen LogP contribution in [0.4, 0.5) is 0 Å². The zero-order valence-electron chi connectivity index (χ0n) is 9.77. The number of ether oxygens (including phenoxy) is 1. The van der Waals surface area contributed by atoms with Crippen LogP contribution in [0.1, 0.15) is 24.2 Å². The highest BCUT2D eigenvalue weighted by atomic mass is 16.5. The van der Waals surface area contributed by atoms with Gasteiger partial charge in [-0.25, -0.2) is 0 Å². The Morgan fingerprint density at radius 3 is 2.41 bits per heavy atom. The van der Waals surface area contributed by atoms with Gasteiger partial charge in [0.05, 0.1) is 6.10 Å². The number of hydrogen-bond donors (Lipinski definition) is 2. The minimum absolute atomic E-state index is 0.0840. The van der Waals surface area contributed by atoms with Gasteiger partial charge in [-0.3, -0.25) is 9.59 Å². The first-order valence-corrected chi connectivity index (χ1v) is 5.25. The van der Waals surface area contributed by atoms with Gasteiger partial charge in [0.2, 0.25) is 0 Å². The molecule has 5 nitrogen and oxygen atoms in total. The highest BCUT2D eigenvalue weighted by molar-refractivity contribution is 5.95. The summed E-state index contributed by atoms with van der Waals surface area (Å²) in [4.78, 5) is 22.7. The molecule has 1 aromatic carbocycles. The predicted octanol–water partition coefficient (Wildman–Crippen LogP) is 1.07. The largest absolute Gasteiger partial charge is 0.508 e. The Hall–Kier alpha value is -2.04. The van der Waals surface area contributed by atoms with Crippen LogP contribution >= 0.6 is 0 Å². The van der Waals surface area contributed by atoms with Crippen LogP contribution in [0.3, 0.4) is 0 Å². The molecular weight excluding hydrogens is 222 g/mol. The molecule has 17 heavy (non-hydrogen) atoms. The Bertz CT molecular complexity index is 397. The summed E-state index contributed by atoms with van der Waals surface area (Å²) in [5.74, 6) is -0.779. The lowest BCUT2D eigenvalue weighted by Gasteiger charge is -2.08. The van der Waals surface area contributed by atoms with E-state index >= 15 is 0 Å². The number of aromatic hydroxyl groups is 1. The van der Waals surface area contributed by atoms with Crippen molar-refractivity contribution in [2.75, 3.05) is 6.54 Å². The number of hydrogen-bond acceptors (Lipinski definition) is 4. The van der Waals surface area contributed by atoms with Crippen molar-refractivity contribution < 1.29 is 19.4 Å². The summed E-state index contributed by atoms with van der Waals surface area (Å²) in [6.07, 6.45) is -0.201. The summed E-state index contributed by atoms with van der Waals surface area (Å²) in [6, 6.07) is 5.75. The van der Waals surface area contributed by atoms with Crippen molar-refractivity contribution in [3.63, 3.8) is 0 Å². The lowest BCUT2D eigenvalue weighted by atomic mass is 10.2. The Morgan fingerprint density at radius 2 is 1.88 bits per heavy atom. The fourth-order valence-corrected chi connectivity index (χ4v) is 1.17. The second-order valence-corrected chi connectivity index (χ2v) is 3.77. The predicted molar refractivity (Wildman–Crippen MR) is 61.7 cm³/mol. The highest BCUT2D eigenvalue weighted by Gasteiger charge is 2.09. The Balaban J connectivity index is 2.45. The summed E-state index contributed by atoms with van der Waals surface area (Å²) in [5.41, 5.74) is 0.375. The molecule has 0 aromatic heterocycles. The van der Waals surface area contributed by atoms with Crippen LogP contribution in [0.5, 0.6) is 5.75 Å². The molecule has 1 aromatic rings. The van der Waals surface area contributed by atoms with Crippen LogP contribution < -0.4 is 5.32 Å². The molecule has 0 aliphatic heterocycles. The zero-order chi connectivity index (χ0) is 12.8. The van der Waals surface area contributed by atoms with Gasteiger partial charge in [0.1, 0.15) is 12.3 Å². The first-order valence-electron chi connectivity index (χ1n) is 5.25. The minimum atomic E-state index is -0.480. The summed E-state index contributed by atoms with van der Waals surface area (Å²) in [7, 11) is 0. The van der Waals surface area contributed by atoms with Crippen LogP contribution in [0.25, 0.3) is 0 Å². The van der Waals surface area contributed by atoms with Gasteiger partial charge in [-0.05, 0) is 38.1 Å². The molecule has 1 amide bonds. The van der Waals surface area contributed by atoms with Gasteiger partial charge in [-0.15, -0.1) is 0 Å². The van der Waals surface area contributed by atoms with Crippen LogP contribution in [0.15, 0.2) is 24.3 Å². The van der Waals surface area contributed by atoms with E-state index in [0.29, 0.717) is 5.56 Å². The van der Waals surface area contributed by atoms with E-state index in [2.05, 4.69) is 5.32 Å². The third kappa shape index (κ3) is 4.55. The number of carbonyl (C=O) groups excluding carboxylic acids is 2. The van der Waals surface area contributed by atoms with Crippen molar-refractivity contribution in [2.45, 2.75) is 20.0 Å². The molecule has 0 spiro atoms. The van der Waals surface area contributed by atoms with Crippen molar-refractivity contribution >= 4 is 11.9 Å². The smallest absolute Gasteiger partial charge is 0.325 e. The number of rotatable bonds is 4. The van der Waals surface area contributed by atoms with Gasteiger partial charge in [0.15, 0.2) is 0 Å². The lowest BCUT2D eigenvalue weighted by Crippen LogP contribution is -2.31. The van der Waals surface area contributed by atoms with Gasteiger partial charge in [0, 0.05) is 5.56 Å². The molecule has 0 bridgehead atoms. The van der Waals surface area contributed by atoms with Crippen LogP contribution in [-0.4, -0.2) is 29.6 Å². The van der Waals surface area contributed by atoms with Gasteiger partial charge >= 0.3 is 5.97 Å². The van der Waals surface area contributed by atoms with Gasteiger partial charge < -0.3 is 15.2 Å². The molecule has 0 radical (unpaired) electrons. The van der Waals surface area contributed by atoms with Crippen molar-refractivity contribution in [1.82, 2.24) is 5.32 Å². The van der Waals surface area contributed by atoms with E-state index in [1.165, 1.54) is 24.3 Å². The number of carbonyl (C=O) groups is 2. The van der Waals surface area contributed by atoms with E-state index < -0.39 is 5.97 Å². The molecule has 0 saturated heterocycles. The molecule has 0 aliphatic carbocycles. The number of phenolic OH excluding ortho intramolecular Hbond substituents is 1. The second-order valence-electron chi connectivity index (χ2n) is 3.77. The molecule has 92 valence electrons. The standard InChI is InChI=1S/C12H15NO4/c1-8(2)17-11(15)7-13-12(16)9-3-5-10(14)6-4-9/h3-6,8,14H,7H2,1-2H3,(H,13,16). The van der Waals surface area contributed by atoms with Crippen LogP contribution in [-0.2, 0) is 9.53 Å². The average Bonchev–Trinajstić information content (AvgIpc) is 2.26. The number of phenols is 1. The molecular formula is C12H15NO4. The van der Waals surface area contributed by atoms with E-state index in [-0.39, 0.29) is 24.3 Å². The van der Waals surface area contributed by atoms with Crippen molar-refractivity contribution in [3.05, 3.63) is 29.8 Å². The van der Waals surface area contributed by atoms with Crippen molar-refractivity contribution in [1.29, 1.82) is 0 Å². The second kappa shape index (κ2) is 5.89. The normalized spacial score (nSPS) is 10.1. The summed E-state index contributed by atoms with van der Waals surface area (Å²) in [5, 5.41) is 11.5. The molecule has 0 saturated carbocycles. The van der Waals surface area contributed by atoms with Gasteiger partial charge in [0.25, 0.3) is 5.91 Å². The van der Waals surface area contributed by atoms with E-state index in [0.717, 1.165) is 0 Å². The number of nitrogens with one attached hydrogen (secondary N) is 1. The van der Waals surface area contributed by atoms with E-state index in [1.54, 1.807) is 13.8 Å². The average molecular weight is 237 g/mol. The molecule has 2 N–H and O–H groups in total. The summed E-state index contributed by atoms with van der Waals surface area (Å²) >= 11 is 0. The maximum absolute atomic E-state index is 11.5. The first kappa shape index (κ1) is 13.0.